The molecule has 1 amide bonds. The third-order valence-electron chi connectivity index (χ3n) is 4.10. The highest BCUT2D eigenvalue weighted by molar-refractivity contribution is 5.68. The molecule has 0 saturated carbocycles. The molecule has 2 unspecified atom stereocenters. The summed E-state index contributed by atoms with van der Waals surface area (Å²) in [5, 5.41) is 7.88. The van der Waals surface area contributed by atoms with Crippen molar-refractivity contribution in [1.29, 1.82) is 0 Å². The van der Waals surface area contributed by atoms with Gasteiger partial charge >= 0.3 is 6.09 Å². The van der Waals surface area contributed by atoms with Gasteiger partial charge in [-0.1, -0.05) is 0 Å². The van der Waals surface area contributed by atoms with E-state index in [0.29, 0.717) is 12.6 Å². The molecule has 0 bridgehead atoms. The van der Waals surface area contributed by atoms with Crippen LogP contribution in [0, 0.1) is 0 Å². The van der Waals surface area contributed by atoms with E-state index < -0.39 is 5.60 Å². The summed E-state index contributed by atoms with van der Waals surface area (Å²) in [7, 11) is 0. The van der Waals surface area contributed by atoms with Crippen molar-refractivity contribution < 1.29 is 9.53 Å². The predicted molar refractivity (Wildman–Crippen MR) is 81.3 cm³/mol. The van der Waals surface area contributed by atoms with Gasteiger partial charge < -0.3 is 15.0 Å². The summed E-state index contributed by atoms with van der Waals surface area (Å²) in [6, 6.07) is 0.528. The lowest BCUT2D eigenvalue weighted by Crippen LogP contribution is -2.40. The highest BCUT2D eigenvalue weighted by atomic mass is 16.6. The molecule has 1 aromatic heterocycles. The summed E-state index contributed by atoms with van der Waals surface area (Å²) < 4.78 is 7.41. The summed E-state index contributed by atoms with van der Waals surface area (Å²) in [6.45, 7) is 8.07. The van der Waals surface area contributed by atoms with E-state index in [0.717, 1.165) is 38.2 Å². The molecule has 2 aliphatic heterocycles. The fourth-order valence-corrected chi connectivity index (χ4v) is 3.12. The average molecular weight is 307 g/mol. The predicted octanol–water partition coefficient (Wildman–Crippen LogP) is 1.71. The van der Waals surface area contributed by atoms with Crippen LogP contribution in [0.5, 0.6) is 0 Å². The van der Waals surface area contributed by atoms with Gasteiger partial charge in [-0.3, -0.25) is 0 Å². The lowest BCUT2D eigenvalue weighted by molar-refractivity contribution is 0.0290. The molecule has 22 heavy (non-hydrogen) atoms. The van der Waals surface area contributed by atoms with Gasteiger partial charge in [0.15, 0.2) is 0 Å². The highest BCUT2D eigenvalue weighted by Gasteiger charge is 2.32. The maximum absolute atomic E-state index is 12.1. The van der Waals surface area contributed by atoms with Crippen LogP contribution in [0.4, 0.5) is 4.79 Å². The Hall–Kier alpha value is -1.63. The number of carbonyl (C=O) groups excluding carboxylic acids is 1. The second kappa shape index (κ2) is 5.87. The first kappa shape index (κ1) is 15.3. The number of ether oxygens (including phenoxy) is 1. The molecule has 1 fully saturated rings. The van der Waals surface area contributed by atoms with Gasteiger partial charge in [0, 0.05) is 25.7 Å². The van der Waals surface area contributed by atoms with Gasteiger partial charge in [-0.05, 0) is 40.0 Å². The van der Waals surface area contributed by atoms with Crippen LogP contribution >= 0.6 is 0 Å². The number of nitrogens with zero attached hydrogens (tertiary/aromatic N) is 4. The number of aryl methyl sites for hydroxylation is 1. The van der Waals surface area contributed by atoms with Crippen LogP contribution in [0.3, 0.4) is 0 Å². The normalized spacial score (nSPS) is 25.1. The molecule has 7 heteroatoms. The van der Waals surface area contributed by atoms with Gasteiger partial charge in [0.2, 0.25) is 0 Å². The summed E-state index contributed by atoms with van der Waals surface area (Å²) in [5.41, 5.74) is -0.442. The zero-order chi connectivity index (χ0) is 15.7. The molecule has 1 saturated heterocycles. The number of hydrogen-bond donors (Lipinski definition) is 1. The Balaban J connectivity index is 1.55. The largest absolute Gasteiger partial charge is 0.444 e. The maximum Gasteiger partial charge on any atom is 0.410 e. The number of amides is 1. The first-order valence-electron chi connectivity index (χ1n) is 8.04. The first-order chi connectivity index (χ1) is 10.4. The Kier molecular flexibility index (Phi) is 4.08. The van der Waals surface area contributed by atoms with Gasteiger partial charge in [-0.2, -0.15) is 5.10 Å². The molecule has 0 radical (unpaired) electrons. The van der Waals surface area contributed by atoms with E-state index in [1.54, 1.807) is 11.2 Å². The van der Waals surface area contributed by atoms with E-state index in [2.05, 4.69) is 15.4 Å². The minimum absolute atomic E-state index is 0.219. The van der Waals surface area contributed by atoms with E-state index in [-0.39, 0.29) is 12.1 Å². The standard InChI is InChI=1S/C15H25N5O2/c1-15(2,3)22-14(21)19-8-6-11(9-19)18-12-5-4-7-20-13(12)16-10-17-20/h10-12,18H,4-9H2,1-3H3. The minimum Gasteiger partial charge on any atom is -0.444 e. The first-order valence-corrected chi connectivity index (χ1v) is 8.04. The number of nitrogens with one attached hydrogen (secondary N) is 1. The summed E-state index contributed by atoms with van der Waals surface area (Å²) >= 11 is 0. The molecule has 3 heterocycles. The zero-order valence-corrected chi connectivity index (χ0v) is 13.6. The van der Waals surface area contributed by atoms with Crippen LogP contribution in [0.1, 0.15) is 51.9 Å². The van der Waals surface area contributed by atoms with Gasteiger partial charge in [0.05, 0.1) is 6.04 Å². The molecule has 1 aromatic rings. The van der Waals surface area contributed by atoms with Crippen LogP contribution in [-0.4, -0.2) is 50.5 Å². The maximum atomic E-state index is 12.1. The molecule has 3 rings (SSSR count). The SMILES string of the molecule is CC(C)(C)OC(=O)N1CCC(NC2CCCn3ncnc32)C1. The second-order valence-corrected chi connectivity index (χ2v) is 7.11. The van der Waals surface area contributed by atoms with E-state index >= 15 is 0 Å². The highest BCUT2D eigenvalue weighted by Crippen LogP contribution is 2.24. The van der Waals surface area contributed by atoms with Crippen LogP contribution in [0.15, 0.2) is 6.33 Å². The van der Waals surface area contributed by atoms with E-state index in [1.807, 2.05) is 25.5 Å². The van der Waals surface area contributed by atoms with Crippen molar-refractivity contribution in [2.45, 2.75) is 64.3 Å². The molecule has 0 aromatic carbocycles. The van der Waals surface area contributed by atoms with Gasteiger partial charge in [-0.25, -0.2) is 14.5 Å². The zero-order valence-electron chi connectivity index (χ0n) is 13.6. The topological polar surface area (TPSA) is 72.3 Å². The quantitative estimate of drug-likeness (QED) is 0.900. The Morgan fingerprint density at radius 1 is 1.36 bits per heavy atom. The number of hydrogen-bond acceptors (Lipinski definition) is 5. The van der Waals surface area contributed by atoms with Crippen LogP contribution in [0.25, 0.3) is 0 Å². The van der Waals surface area contributed by atoms with Crippen molar-refractivity contribution in [2.24, 2.45) is 0 Å². The second-order valence-electron chi connectivity index (χ2n) is 7.11. The van der Waals surface area contributed by atoms with Crippen LogP contribution in [-0.2, 0) is 11.3 Å². The van der Waals surface area contributed by atoms with Gasteiger partial charge in [0.25, 0.3) is 0 Å². The van der Waals surface area contributed by atoms with Crippen molar-refractivity contribution >= 4 is 6.09 Å². The fraction of sp³-hybridized carbons (Fsp3) is 0.800. The Morgan fingerprint density at radius 3 is 2.95 bits per heavy atom. The smallest absolute Gasteiger partial charge is 0.410 e. The minimum atomic E-state index is -0.442. The average Bonchev–Trinajstić information content (AvgIpc) is 3.05. The molecule has 0 aliphatic carbocycles. The number of fused-ring (bicyclic) bond motifs is 1. The van der Waals surface area contributed by atoms with Crippen molar-refractivity contribution in [3.8, 4) is 0 Å². The molecule has 7 nitrogen and oxygen atoms in total. The number of likely N-dealkylation sites (tertiary alicyclic amines) is 1. The lowest BCUT2D eigenvalue weighted by atomic mass is 10.1. The molecule has 122 valence electrons. The molecule has 2 aliphatic rings. The summed E-state index contributed by atoms with van der Waals surface area (Å²) in [6.07, 6.45) is 4.53. The van der Waals surface area contributed by atoms with E-state index in [1.165, 1.54) is 0 Å². The van der Waals surface area contributed by atoms with Gasteiger partial charge in [-0.15, -0.1) is 0 Å². The number of aromatic nitrogens is 3. The number of rotatable bonds is 2. The van der Waals surface area contributed by atoms with Crippen LogP contribution in [0.2, 0.25) is 0 Å². The van der Waals surface area contributed by atoms with Crippen molar-refractivity contribution in [2.75, 3.05) is 13.1 Å². The Morgan fingerprint density at radius 2 is 2.18 bits per heavy atom. The molecule has 1 N–H and O–H groups in total. The Labute approximate surface area is 131 Å². The third-order valence-corrected chi connectivity index (χ3v) is 4.10. The van der Waals surface area contributed by atoms with Crippen molar-refractivity contribution in [3.05, 3.63) is 12.2 Å². The summed E-state index contributed by atoms with van der Waals surface area (Å²) in [5.74, 6) is 1.02. The van der Waals surface area contributed by atoms with Crippen molar-refractivity contribution in [3.63, 3.8) is 0 Å². The van der Waals surface area contributed by atoms with Gasteiger partial charge in [0.1, 0.15) is 17.8 Å². The van der Waals surface area contributed by atoms with Crippen molar-refractivity contribution in [1.82, 2.24) is 25.0 Å². The fourth-order valence-electron chi connectivity index (χ4n) is 3.12. The third kappa shape index (κ3) is 3.40. The molecule has 0 spiro atoms. The molecular weight excluding hydrogens is 282 g/mol. The monoisotopic (exact) mass is 307 g/mol. The van der Waals surface area contributed by atoms with E-state index in [4.69, 9.17) is 4.74 Å². The molecular formula is C15H25N5O2. The van der Waals surface area contributed by atoms with Crippen LogP contribution < -0.4 is 5.32 Å². The molecule has 2 atom stereocenters. The summed E-state index contributed by atoms with van der Waals surface area (Å²) in [4.78, 5) is 18.3. The number of carbonyl (C=O) groups is 1. The Bertz CT molecular complexity index is 536. The lowest BCUT2D eigenvalue weighted by Gasteiger charge is -2.27. The van der Waals surface area contributed by atoms with E-state index in [9.17, 15) is 4.79 Å².